The van der Waals surface area contributed by atoms with Crippen molar-refractivity contribution >= 4 is 28.3 Å². The number of aromatic nitrogens is 1. The average Bonchev–Trinajstić information content (AvgIpc) is 3.40. The molecule has 0 aliphatic carbocycles. The summed E-state index contributed by atoms with van der Waals surface area (Å²) in [5.41, 5.74) is 2.19. The summed E-state index contributed by atoms with van der Waals surface area (Å²) in [5, 5.41) is 11.5. The van der Waals surface area contributed by atoms with Gasteiger partial charge in [0, 0.05) is 32.7 Å². The lowest BCUT2D eigenvalue weighted by molar-refractivity contribution is -0.192. The number of aliphatic carboxylic acids is 1. The number of alkyl halides is 3. The summed E-state index contributed by atoms with van der Waals surface area (Å²) in [6.07, 6.45) is 1.70. The van der Waals surface area contributed by atoms with Crippen LogP contribution in [0.15, 0.2) is 30.3 Å². The number of nitrogens with one attached hydrogen (secondary N) is 1. The van der Waals surface area contributed by atoms with Gasteiger partial charge in [-0.25, -0.2) is 9.78 Å². The van der Waals surface area contributed by atoms with Crippen molar-refractivity contribution in [3.63, 3.8) is 0 Å². The van der Waals surface area contributed by atoms with Crippen LogP contribution in [0.2, 0.25) is 0 Å². The Labute approximate surface area is 205 Å². The third-order valence-electron chi connectivity index (χ3n) is 6.77. The molecule has 2 N–H and O–H groups in total. The number of thiazole rings is 1. The Morgan fingerprint density at radius 3 is 2.31 bits per heavy atom. The van der Waals surface area contributed by atoms with Crippen LogP contribution in [0.5, 0.6) is 0 Å². The van der Waals surface area contributed by atoms with E-state index in [-0.39, 0.29) is 11.4 Å². The molecular formula is C24H29F3N4O3S. The van der Waals surface area contributed by atoms with E-state index in [9.17, 15) is 18.0 Å². The SMILES string of the molecule is O=C(O)C(F)(F)F.O=C1NC2(CCN(CCc3ccccc3)CC2)c2nc(N3CCCCC3)sc21. The molecule has 0 unspecified atom stereocenters. The molecule has 7 nitrogen and oxygen atoms in total. The molecule has 0 atom stereocenters. The maximum atomic E-state index is 12.7. The van der Waals surface area contributed by atoms with Crippen LogP contribution in [0.1, 0.15) is 53.0 Å². The molecule has 0 bridgehead atoms. The number of anilines is 1. The van der Waals surface area contributed by atoms with Gasteiger partial charge in [-0.2, -0.15) is 13.2 Å². The Bertz CT molecular complexity index is 1030. The van der Waals surface area contributed by atoms with Crippen molar-refractivity contribution in [3.8, 4) is 0 Å². The number of amides is 1. The Balaban J connectivity index is 0.000000364. The van der Waals surface area contributed by atoms with Crippen molar-refractivity contribution in [3.05, 3.63) is 46.5 Å². The minimum atomic E-state index is -5.08. The van der Waals surface area contributed by atoms with Gasteiger partial charge < -0.3 is 20.2 Å². The summed E-state index contributed by atoms with van der Waals surface area (Å²) in [6, 6.07) is 10.7. The van der Waals surface area contributed by atoms with Crippen LogP contribution in [-0.4, -0.2) is 65.8 Å². The van der Waals surface area contributed by atoms with Gasteiger partial charge in [0.25, 0.3) is 5.91 Å². The molecule has 2 aromatic rings. The number of carbonyl (C=O) groups is 2. The third-order valence-corrected chi connectivity index (χ3v) is 7.88. The Kier molecular flexibility index (Phi) is 7.65. The second kappa shape index (κ2) is 10.5. The second-order valence-corrected chi connectivity index (χ2v) is 10.1. The van der Waals surface area contributed by atoms with E-state index >= 15 is 0 Å². The fraction of sp³-hybridized carbons (Fsp3) is 0.542. The molecule has 1 aromatic heterocycles. The largest absolute Gasteiger partial charge is 0.490 e. The molecule has 2 saturated heterocycles. The van der Waals surface area contributed by atoms with Crippen molar-refractivity contribution in [1.82, 2.24) is 15.2 Å². The van der Waals surface area contributed by atoms with Crippen molar-refractivity contribution < 1.29 is 27.9 Å². The molecule has 190 valence electrons. The van der Waals surface area contributed by atoms with Gasteiger partial charge >= 0.3 is 12.1 Å². The highest BCUT2D eigenvalue weighted by atomic mass is 32.1. The summed E-state index contributed by atoms with van der Waals surface area (Å²) in [4.78, 5) is 32.3. The molecular weight excluding hydrogens is 481 g/mol. The molecule has 1 spiro atoms. The zero-order valence-corrected chi connectivity index (χ0v) is 20.1. The summed E-state index contributed by atoms with van der Waals surface area (Å²) >= 11 is 1.60. The number of nitrogens with zero attached hydrogens (tertiary/aromatic N) is 3. The summed E-state index contributed by atoms with van der Waals surface area (Å²) in [7, 11) is 0. The Hall–Kier alpha value is -2.66. The van der Waals surface area contributed by atoms with Crippen molar-refractivity contribution in [2.24, 2.45) is 0 Å². The van der Waals surface area contributed by atoms with E-state index < -0.39 is 12.1 Å². The van der Waals surface area contributed by atoms with Crippen LogP contribution in [0.4, 0.5) is 18.3 Å². The van der Waals surface area contributed by atoms with Crippen molar-refractivity contribution in [2.75, 3.05) is 37.6 Å². The molecule has 11 heteroatoms. The predicted molar refractivity (Wildman–Crippen MR) is 127 cm³/mol. The molecule has 35 heavy (non-hydrogen) atoms. The van der Waals surface area contributed by atoms with E-state index in [0.29, 0.717) is 0 Å². The average molecular weight is 511 g/mol. The lowest BCUT2D eigenvalue weighted by atomic mass is 9.86. The maximum Gasteiger partial charge on any atom is 0.490 e. The number of hydrogen-bond acceptors (Lipinski definition) is 6. The predicted octanol–water partition coefficient (Wildman–Crippen LogP) is 4.04. The minimum absolute atomic E-state index is 0.0912. The first-order valence-electron chi connectivity index (χ1n) is 11.8. The van der Waals surface area contributed by atoms with Gasteiger partial charge in [0.1, 0.15) is 4.88 Å². The standard InChI is InChI=1S/C22H28N4OS.C2HF3O2/c27-20-18-19(23-21(28-18)26-12-5-2-6-13-26)22(24-20)10-15-25(16-11-22)14-9-17-7-3-1-4-8-17;3-2(4,5)1(6)7/h1,3-4,7-8H,2,5-6,9-16H2,(H,24,27);(H,6,7). The highest BCUT2D eigenvalue weighted by molar-refractivity contribution is 7.17. The van der Waals surface area contributed by atoms with Crippen molar-refractivity contribution in [1.29, 1.82) is 0 Å². The zero-order valence-electron chi connectivity index (χ0n) is 19.3. The summed E-state index contributed by atoms with van der Waals surface area (Å²) in [6.45, 7) is 5.27. The molecule has 0 radical (unpaired) electrons. The number of carbonyl (C=O) groups excluding carboxylic acids is 1. The molecule has 2 fully saturated rings. The van der Waals surface area contributed by atoms with E-state index in [0.717, 1.165) is 67.7 Å². The number of fused-ring (bicyclic) bond motifs is 2. The van der Waals surface area contributed by atoms with Gasteiger partial charge in [0.05, 0.1) is 11.2 Å². The number of piperidine rings is 2. The fourth-order valence-electron chi connectivity index (χ4n) is 4.79. The summed E-state index contributed by atoms with van der Waals surface area (Å²) < 4.78 is 31.7. The van der Waals surface area contributed by atoms with Crippen LogP contribution in [-0.2, 0) is 16.8 Å². The molecule has 1 amide bonds. The molecule has 1 aromatic carbocycles. The van der Waals surface area contributed by atoms with E-state index in [4.69, 9.17) is 14.9 Å². The molecule has 0 saturated carbocycles. The van der Waals surface area contributed by atoms with Crippen LogP contribution in [0.3, 0.4) is 0 Å². The van der Waals surface area contributed by atoms with Crippen LogP contribution < -0.4 is 10.2 Å². The number of benzene rings is 1. The monoisotopic (exact) mass is 510 g/mol. The molecule has 3 aliphatic rings. The molecule has 4 heterocycles. The second-order valence-electron chi connectivity index (χ2n) is 9.14. The van der Waals surface area contributed by atoms with Gasteiger partial charge in [-0.05, 0) is 44.1 Å². The smallest absolute Gasteiger partial charge is 0.475 e. The first-order valence-corrected chi connectivity index (χ1v) is 12.6. The van der Waals surface area contributed by atoms with E-state index in [2.05, 4.69) is 45.4 Å². The van der Waals surface area contributed by atoms with E-state index in [1.54, 1.807) is 11.3 Å². The maximum absolute atomic E-state index is 12.7. The Morgan fingerprint density at radius 2 is 1.71 bits per heavy atom. The molecule has 3 aliphatic heterocycles. The lowest BCUT2D eigenvalue weighted by Crippen LogP contribution is -2.49. The highest BCUT2D eigenvalue weighted by Crippen LogP contribution is 2.43. The van der Waals surface area contributed by atoms with Gasteiger partial charge in [-0.3, -0.25) is 4.79 Å². The first-order chi connectivity index (χ1) is 16.7. The molecule has 5 rings (SSSR count). The topological polar surface area (TPSA) is 85.8 Å². The normalized spacial score (nSPS) is 19.6. The third kappa shape index (κ3) is 5.95. The summed E-state index contributed by atoms with van der Waals surface area (Å²) in [5.74, 6) is -2.67. The van der Waals surface area contributed by atoms with Gasteiger partial charge in [-0.1, -0.05) is 41.7 Å². The number of halogens is 3. The number of rotatable bonds is 4. The number of hydrogen-bond donors (Lipinski definition) is 2. The van der Waals surface area contributed by atoms with Gasteiger partial charge in [-0.15, -0.1) is 0 Å². The number of carboxylic acid groups (broad SMARTS) is 1. The van der Waals surface area contributed by atoms with Crippen LogP contribution in [0, 0.1) is 0 Å². The first kappa shape index (κ1) is 25.4. The van der Waals surface area contributed by atoms with Gasteiger partial charge in [0.2, 0.25) is 0 Å². The fourth-order valence-corrected chi connectivity index (χ4v) is 5.91. The van der Waals surface area contributed by atoms with Crippen molar-refractivity contribution in [2.45, 2.75) is 50.2 Å². The quantitative estimate of drug-likeness (QED) is 0.646. The lowest BCUT2D eigenvalue weighted by Gasteiger charge is -2.39. The number of carboxylic acids is 1. The van der Waals surface area contributed by atoms with Crippen LogP contribution in [0.25, 0.3) is 0 Å². The Morgan fingerprint density at radius 1 is 1.09 bits per heavy atom. The number of likely N-dealkylation sites (tertiary alicyclic amines) is 1. The zero-order chi connectivity index (χ0) is 25.1. The minimum Gasteiger partial charge on any atom is -0.475 e. The van der Waals surface area contributed by atoms with E-state index in [1.807, 2.05) is 0 Å². The van der Waals surface area contributed by atoms with Crippen LogP contribution >= 0.6 is 11.3 Å². The van der Waals surface area contributed by atoms with Gasteiger partial charge in [0.15, 0.2) is 5.13 Å². The highest BCUT2D eigenvalue weighted by Gasteiger charge is 2.48. The van der Waals surface area contributed by atoms with E-state index in [1.165, 1.54) is 24.8 Å².